The smallest absolute Gasteiger partial charge is 0.123 e. The number of hydrogen-bond donors (Lipinski definition) is 1. The van der Waals surface area contributed by atoms with Crippen molar-refractivity contribution in [2.45, 2.75) is 12.5 Å². The molecule has 2 aromatic rings. The molecule has 1 atom stereocenters. The van der Waals surface area contributed by atoms with Crippen LogP contribution in [0.15, 0.2) is 42.5 Å². The Morgan fingerprint density at radius 1 is 1.33 bits per heavy atom. The Hall–Kier alpha value is -2.67. The number of para-hydroxylation sites is 1. The normalized spacial score (nSPS) is 15.7. The van der Waals surface area contributed by atoms with E-state index in [9.17, 15) is 0 Å². The molecule has 1 N–H and O–H groups in total. The number of hydrogen-bond acceptors (Lipinski definition) is 4. The molecule has 0 radical (unpaired) electrons. The van der Waals surface area contributed by atoms with Crippen LogP contribution in [0.4, 0.5) is 5.69 Å². The van der Waals surface area contributed by atoms with E-state index in [1.54, 1.807) is 19.2 Å². The molecular weight excluding hydrogens is 264 g/mol. The van der Waals surface area contributed by atoms with Crippen LogP contribution in [0.3, 0.4) is 0 Å². The van der Waals surface area contributed by atoms with Crippen LogP contribution < -0.4 is 14.8 Å². The summed E-state index contributed by atoms with van der Waals surface area (Å²) in [6.07, 6.45) is 0.967. The number of nitrogens with zero attached hydrogens (tertiary/aromatic N) is 1. The molecule has 0 fully saturated rings. The summed E-state index contributed by atoms with van der Waals surface area (Å²) in [5, 5.41) is 12.4. The first-order chi connectivity index (χ1) is 10.3. The molecule has 1 unspecified atom stereocenters. The third-order valence-corrected chi connectivity index (χ3v) is 3.58. The predicted molar refractivity (Wildman–Crippen MR) is 80.8 cm³/mol. The third-order valence-electron chi connectivity index (χ3n) is 3.58. The van der Waals surface area contributed by atoms with E-state index in [0.29, 0.717) is 12.1 Å². The molecule has 0 saturated heterocycles. The summed E-state index contributed by atoms with van der Waals surface area (Å²) in [6.45, 7) is 0.649. The fraction of sp³-hybridized carbons (Fsp3) is 0.235. The van der Waals surface area contributed by atoms with Crippen molar-refractivity contribution in [3.63, 3.8) is 0 Å². The minimum atomic E-state index is 0.0835. The van der Waals surface area contributed by atoms with Crippen molar-refractivity contribution in [2.75, 3.05) is 19.0 Å². The van der Waals surface area contributed by atoms with Crippen molar-refractivity contribution < 1.29 is 9.47 Å². The molecule has 1 aliphatic heterocycles. The summed E-state index contributed by atoms with van der Waals surface area (Å²) in [5.74, 6) is 1.68. The lowest BCUT2D eigenvalue weighted by atomic mass is 10.1. The van der Waals surface area contributed by atoms with Crippen molar-refractivity contribution in [2.24, 2.45) is 0 Å². The number of nitriles is 1. The molecule has 3 rings (SSSR count). The minimum absolute atomic E-state index is 0.0835. The van der Waals surface area contributed by atoms with Crippen LogP contribution in [0, 0.1) is 11.3 Å². The summed E-state index contributed by atoms with van der Waals surface area (Å²) < 4.78 is 11.1. The third kappa shape index (κ3) is 2.77. The Kier molecular flexibility index (Phi) is 3.65. The van der Waals surface area contributed by atoms with Gasteiger partial charge in [0.25, 0.3) is 0 Å². The van der Waals surface area contributed by atoms with Gasteiger partial charge in [0, 0.05) is 12.5 Å². The van der Waals surface area contributed by atoms with Crippen LogP contribution in [-0.4, -0.2) is 19.8 Å². The predicted octanol–water partition coefficient (Wildman–Crippen LogP) is 2.98. The number of anilines is 1. The van der Waals surface area contributed by atoms with Crippen LogP contribution in [0.5, 0.6) is 11.5 Å². The monoisotopic (exact) mass is 280 g/mol. The van der Waals surface area contributed by atoms with Crippen LogP contribution in [0.1, 0.15) is 11.1 Å². The van der Waals surface area contributed by atoms with Crippen molar-refractivity contribution >= 4 is 5.69 Å². The fourth-order valence-electron chi connectivity index (χ4n) is 2.49. The van der Waals surface area contributed by atoms with Gasteiger partial charge in [-0.1, -0.05) is 18.2 Å². The van der Waals surface area contributed by atoms with E-state index in [1.807, 2.05) is 24.3 Å². The van der Waals surface area contributed by atoms with Gasteiger partial charge in [0.2, 0.25) is 0 Å². The van der Waals surface area contributed by atoms with Gasteiger partial charge < -0.3 is 14.8 Å². The van der Waals surface area contributed by atoms with Crippen LogP contribution >= 0.6 is 0 Å². The Labute approximate surface area is 123 Å². The highest BCUT2D eigenvalue weighted by atomic mass is 16.5. The summed E-state index contributed by atoms with van der Waals surface area (Å²) in [6, 6.07) is 15.6. The minimum Gasteiger partial charge on any atom is -0.497 e. The van der Waals surface area contributed by atoms with Gasteiger partial charge >= 0.3 is 0 Å². The highest BCUT2D eigenvalue weighted by molar-refractivity contribution is 5.60. The lowest BCUT2D eigenvalue weighted by molar-refractivity contribution is 0.246. The SMILES string of the molecule is COc1ccc(C#N)c(NCC2Cc3ccccc3O2)c1. The molecule has 0 spiro atoms. The van der Waals surface area contributed by atoms with Gasteiger partial charge in [0.15, 0.2) is 0 Å². The van der Waals surface area contributed by atoms with Crippen molar-refractivity contribution in [3.05, 3.63) is 53.6 Å². The molecule has 2 aromatic carbocycles. The maximum absolute atomic E-state index is 9.15. The highest BCUT2D eigenvalue weighted by Gasteiger charge is 2.22. The van der Waals surface area contributed by atoms with E-state index in [4.69, 9.17) is 14.7 Å². The van der Waals surface area contributed by atoms with E-state index in [0.717, 1.165) is 23.6 Å². The molecule has 0 aromatic heterocycles. The molecule has 21 heavy (non-hydrogen) atoms. The van der Waals surface area contributed by atoms with Gasteiger partial charge in [-0.3, -0.25) is 0 Å². The standard InChI is InChI=1S/C17H16N2O2/c1-20-14-7-6-13(10-18)16(9-14)19-11-15-8-12-4-2-3-5-17(12)21-15/h2-7,9,15,19H,8,11H2,1H3. The number of rotatable bonds is 4. The first-order valence-electron chi connectivity index (χ1n) is 6.86. The molecule has 4 heteroatoms. The number of nitrogens with one attached hydrogen (secondary N) is 1. The quantitative estimate of drug-likeness (QED) is 0.935. The van der Waals surface area contributed by atoms with E-state index in [1.165, 1.54) is 5.56 Å². The zero-order chi connectivity index (χ0) is 14.7. The average molecular weight is 280 g/mol. The molecule has 1 heterocycles. The van der Waals surface area contributed by atoms with Crippen LogP contribution in [-0.2, 0) is 6.42 Å². The summed E-state index contributed by atoms with van der Waals surface area (Å²) in [4.78, 5) is 0. The van der Waals surface area contributed by atoms with Gasteiger partial charge in [-0.05, 0) is 23.8 Å². The van der Waals surface area contributed by atoms with Crippen molar-refractivity contribution in [1.82, 2.24) is 0 Å². The Morgan fingerprint density at radius 3 is 2.95 bits per heavy atom. The second-order valence-corrected chi connectivity index (χ2v) is 4.96. The first-order valence-corrected chi connectivity index (χ1v) is 6.86. The number of methoxy groups -OCH3 is 1. The van der Waals surface area contributed by atoms with Gasteiger partial charge in [0.05, 0.1) is 24.9 Å². The molecule has 106 valence electrons. The second kappa shape index (κ2) is 5.76. The summed E-state index contributed by atoms with van der Waals surface area (Å²) >= 11 is 0. The molecule has 0 bridgehead atoms. The Bertz CT molecular complexity index is 666. The Balaban J connectivity index is 1.68. The molecule has 0 amide bonds. The van der Waals surface area contributed by atoms with Crippen LogP contribution in [0.2, 0.25) is 0 Å². The number of ether oxygens (including phenoxy) is 2. The lowest BCUT2D eigenvalue weighted by Gasteiger charge is -2.14. The first kappa shape index (κ1) is 13.3. The summed E-state index contributed by atoms with van der Waals surface area (Å²) in [5.41, 5.74) is 2.61. The van der Waals surface area contributed by atoms with Gasteiger partial charge in [-0.25, -0.2) is 0 Å². The zero-order valence-electron chi connectivity index (χ0n) is 11.8. The highest BCUT2D eigenvalue weighted by Crippen LogP contribution is 2.29. The fourth-order valence-corrected chi connectivity index (χ4v) is 2.49. The zero-order valence-corrected chi connectivity index (χ0v) is 11.8. The topological polar surface area (TPSA) is 54.3 Å². The van der Waals surface area contributed by atoms with E-state index >= 15 is 0 Å². The largest absolute Gasteiger partial charge is 0.497 e. The number of fused-ring (bicyclic) bond motifs is 1. The Morgan fingerprint density at radius 2 is 2.19 bits per heavy atom. The van der Waals surface area contributed by atoms with E-state index in [-0.39, 0.29) is 6.10 Å². The van der Waals surface area contributed by atoms with Crippen molar-refractivity contribution in [1.29, 1.82) is 5.26 Å². The maximum atomic E-state index is 9.15. The molecule has 0 saturated carbocycles. The summed E-state index contributed by atoms with van der Waals surface area (Å²) in [7, 11) is 1.61. The second-order valence-electron chi connectivity index (χ2n) is 4.96. The lowest BCUT2D eigenvalue weighted by Crippen LogP contribution is -2.24. The average Bonchev–Trinajstić information content (AvgIpc) is 2.95. The van der Waals surface area contributed by atoms with Gasteiger partial charge in [-0.2, -0.15) is 5.26 Å². The molecular formula is C17H16N2O2. The van der Waals surface area contributed by atoms with E-state index in [2.05, 4.69) is 17.5 Å². The van der Waals surface area contributed by atoms with Crippen molar-refractivity contribution in [3.8, 4) is 17.6 Å². The molecule has 1 aliphatic rings. The molecule has 4 nitrogen and oxygen atoms in total. The number of benzene rings is 2. The van der Waals surface area contributed by atoms with Gasteiger partial charge in [-0.15, -0.1) is 0 Å². The van der Waals surface area contributed by atoms with Crippen LogP contribution in [0.25, 0.3) is 0 Å². The molecule has 0 aliphatic carbocycles. The van der Waals surface area contributed by atoms with Gasteiger partial charge in [0.1, 0.15) is 23.7 Å². The van der Waals surface area contributed by atoms with E-state index < -0.39 is 0 Å². The maximum Gasteiger partial charge on any atom is 0.123 e.